The van der Waals surface area contributed by atoms with Crippen LogP contribution in [0.2, 0.25) is 0 Å². The summed E-state index contributed by atoms with van der Waals surface area (Å²) in [6, 6.07) is 10.7. The van der Waals surface area contributed by atoms with Crippen molar-refractivity contribution in [2.24, 2.45) is 4.99 Å². The number of rotatable bonds is 6. The van der Waals surface area contributed by atoms with Crippen molar-refractivity contribution >= 4 is 41.7 Å². The molecule has 0 aliphatic carbocycles. The second-order valence-electron chi connectivity index (χ2n) is 4.03. The van der Waals surface area contributed by atoms with Crippen LogP contribution in [0.5, 0.6) is 0 Å². The minimum absolute atomic E-state index is 0. The molecule has 0 fully saturated rings. The lowest BCUT2D eigenvalue weighted by Crippen LogP contribution is -2.38. The smallest absolute Gasteiger partial charge is 0.191 e. The Morgan fingerprint density at radius 2 is 2.00 bits per heavy atom. The molecule has 0 aliphatic heterocycles. The maximum absolute atomic E-state index is 4.54. The Balaban J connectivity index is 0.00000324. The predicted molar refractivity (Wildman–Crippen MR) is 97.8 cm³/mol. The molecule has 0 radical (unpaired) electrons. The zero-order chi connectivity index (χ0) is 13.2. The topological polar surface area (TPSA) is 36.4 Å². The molecule has 3 nitrogen and oxygen atoms in total. The van der Waals surface area contributed by atoms with Crippen molar-refractivity contribution in [2.45, 2.75) is 19.9 Å². The van der Waals surface area contributed by atoms with Gasteiger partial charge in [0.1, 0.15) is 0 Å². The van der Waals surface area contributed by atoms with E-state index in [1.807, 2.05) is 17.8 Å². The van der Waals surface area contributed by atoms with Gasteiger partial charge in [0.25, 0.3) is 0 Å². The Morgan fingerprint density at radius 3 is 2.58 bits per heavy atom. The molecule has 1 rings (SSSR count). The largest absolute Gasteiger partial charge is 0.357 e. The highest BCUT2D eigenvalue weighted by atomic mass is 127. The van der Waals surface area contributed by atoms with E-state index in [0.29, 0.717) is 0 Å². The molecule has 1 aromatic carbocycles. The Labute approximate surface area is 138 Å². The van der Waals surface area contributed by atoms with Crippen molar-refractivity contribution in [1.29, 1.82) is 0 Å². The lowest BCUT2D eigenvalue weighted by molar-refractivity contribution is 0.688. The first-order chi connectivity index (χ1) is 8.77. The zero-order valence-electron chi connectivity index (χ0n) is 11.8. The molecule has 108 valence electrons. The van der Waals surface area contributed by atoms with Crippen molar-refractivity contribution in [3.8, 4) is 0 Å². The molecule has 19 heavy (non-hydrogen) atoms. The standard InChI is InChI=1S/C14H23N3S.HI/c1-4-15-14(16-10-11-18-3)17-12(2)13-8-6-5-7-9-13;/h5-9,12H,4,10-11H2,1-3H3,(H2,15,16,17);1H. The lowest BCUT2D eigenvalue weighted by Gasteiger charge is -2.18. The van der Waals surface area contributed by atoms with Crippen LogP contribution in [0.1, 0.15) is 25.5 Å². The third-order valence-corrected chi connectivity index (χ3v) is 3.15. The average molecular weight is 393 g/mol. The number of aliphatic imine (C=N–C) groups is 1. The van der Waals surface area contributed by atoms with Gasteiger partial charge in [-0.1, -0.05) is 30.3 Å². The molecular formula is C14H24IN3S. The SMILES string of the molecule is CCNC(=NCCSC)NC(C)c1ccccc1.I. The molecule has 5 heteroatoms. The van der Waals surface area contributed by atoms with Crippen molar-refractivity contribution < 1.29 is 0 Å². The van der Waals surface area contributed by atoms with Gasteiger partial charge in [-0.05, 0) is 25.7 Å². The number of hydrogen-bond acceptors (Lipinski definition) is 2. The van der Waals surface area contributed by atoms with E-state index in [1.165, 1.54) is 5.56 Å². The van der Waals surface area contributed by atoms with Crippen LogP contribution in [0.4, 0.5) is 0 Å². The first-order valence-electron chi connectivity index (χ1n) is 6.36. The van der Waals surface area contributed by atoms with Crippen molar-refractivity contribution in [1.82, 2.24) is 10.6 Å². The molecule has 2 N–H and O–H groups in total. The minimum Gasteiger partial charge on any atom is -0.357 e. The van der Waals surface area contributed by atoms with Crippen molar-refractivity contribution in [2.75, 3.05) is 25.1 Å². The van der Waals surface area contributed by atoms with E-state index in [-0.39, 0.29) is 30.0 Å². The number of hydrogen-bond donors (Lipinski definition) is 2. The minimum atomic E-state index is 0. The number of nitrogens with zero attached hydrogens (tertiary/aromatic N) is 1. The third kappa shape index (κ3) is 7.67. The Morgan fingerprint density at radius 1 is 1.32 bits per heavy atom. The van der Waals surface area contributed by atoms with Gasteiger partial charge >= 0.3 is 0 Å². The van der Waals surface area contributed by atoms with E-state index in [9.17, 15) is 0 Å². The van der Waals surface area contributed by atoms with Crippen LogP contribution in [-0.4, -0.2) is 31.1 Å². The van der Waals surface area contributed by atoms with Crippen LogP contribution in [0.25, 0.3) is 0 Å². The molecule has 0 aromatic heterocycles. The first-order valence-corrected chi connectivity index (χ1v) is 7.76. The molecule has 0 bridgehead atoms. The summed E-state index contributed by atoms with van der Waals surface area (Å²) >= 11 is 1.81. The normalized spacial score (nSPS) is 12.5. The van der Waals surface area contributed by atoms with Crippen molar-refractivity contribution in [3.63, 3.8) is 0 Å². The van der Waals surface area contributed by atoms with Gasteiger partial charge in [0, 0.05) is 12.3 Å². The Hall–Kier alpha value is -0.430. The summed E-state index contributed by atoms with van der Waals surface area (Å²) in [5, 5.41) is 6.69. The average Bonchev–Trinajstić information content (AvgIpc) is 2.40. The lowest BCUT2D eigenvalue weighted by atomic mass is 10.1. The molecule has 1 unspecified atom stereocenters. The summed E-state index contributed by atoms with van der Waals surface area (Å²) in [4.78, 5) is 4.54. The van der Waals surface area contributed by atoms with E-state index < -0.39 is 0 Å². The van der Waals surface area contributed by atoms with Gasteiger partial charge < -0.3 is 10.6 Å². The van der Waals surface area contributed by atoms with Gasteiger partial charge in [-0.2, -0.15) is 11.8 Å². The van der Waals surface area contributed by atoms with Gasteiger partial charge in [-0.15, -0.1) is 24.0 Å². The summed E-state index contributed by atoms with van der Waals surface area (Å²) in [5.74, 6) is 1.94. The molecule has 0 saturated heterocycles. The molecule has 0 saturated carbocycles. The molecule has 1 aromatic rings. The predicted octanol–water partition coefficient (Wildman–Crippen LogP) is 3.28. The summed E-state index contributed by atoms with van der Waals surface area (Å²) in [5.41, 5.74) is 1.27. The van der Waals surface area contributed by atoms with Gasteiger partial charge in [0.05, 0.1) is 12.6 Å². The first kappa shape index (κ1) is 18.6. The summed E-state index contributed by atoms with van der Waals surface area (Å²) < 4.78 is 0. The molecule has 1 atom stereocenters. The molecule has 0 aliphatic rings. The fraction of sp³-hybridized carbons (Fsp3) is 0.500. The maximum atomic E-state index is 4.54. The maximum Gasteiger partial charge on any atom is 0.191 e. The van der Waals surface area contributed by atoms with E-state index in [2.05, 4.69) is 60.0 Å². The third-order valence-electron chi connectivity index (χ3n) is 2.56. The summed E-state index contributed by atoms with van der Waals surface area (Å²) in [6.45, 7) is 5.96. The van der Waals surface area contributed by atoms with Crippen LogP contribution in [0.3, 0.4) is 0 Å². The van der Waals surface area contributed by atoms with Gasteiger partial charge in [0.15, 0.2) is 5.96 Å². The monoisotopic (exact) mass is 393 g/mol. The Bertz CT molecular complexity index is 357. The fourth-order valence-corrected chi connectivity index (χ4v) is 1.87. The molecule has 0 amide bonds. The van der Waals surface area contributed by atoms with Crippen LogP contribution < -0.4 is 10.6 Å². The summed E-state index contributed by atoms with van der Waals surface area (Å²) in [7, 11) is 0. The van der Waals surface area contributed by atoms with Crippen LogP contribution in [0.15, 0.2) is 35.3 Å². The molecule has 0 spiro atoms. The highest BCUT2D eigenvalue weighted by Crippen LogP contribution is 2.10. The van der Waals surface area contributed by atoms with Crippen molar-refractivity contribution in [3.05, 3.63) is 35.9 Å². The van der Waals surface area contributed by atoms with E-state index in [4.69, 9.17) is 0 Å². The second-order valence-corrected chi connectivity index (χ2v) is 5.02. The highest BCUT2D eigenvalue weighted by molar-refractivity contribution is 14.0. The van der Waals surface area contributed by atoms with E-state index in [0.717, 1.165) is 24.8 Å². The van der Waals surface area contributed by atoms with E-state index >= 15 is 0 Å². The number of nitrogens with one attached hydrogen (secondary N) is 2. The summed E-state index contributed by atoms with van der Waals surface area (Å²) in [6.07, 6.45) is 2.10. The quantitative estimate of drug-likeness (QED) is 0.337. The fourth-order valence-electron chi connectivity index (χ4n) is 1.60. The second kappa shape index (κ2) is 11.4. The molecule has 0 heterocycles. The number of guanidine groups is 1. The number of thioether (sulfide) groups is 1. The van der Waals surface area contributed by atoms with Gasteiger partial charge in [0.2, 0.25) is 0 Å². The van der Waals surface area contributed by atoms with Crippen LogP contribution >= 0.6 is 35.7 Å². The highest BCUT2D eigenvalue weighted by Gasteiger charge is 2.06. The van der Waals surface area contributed by atoms with Gasteiger partial charge in [-0.3, -0.25) is 4.99 Å². The molecular weight excluding hydrogens is 369 g/mol. The van der Waals surface area contributed by atoms with Gasteiger partial charge in [-0.25, -0.2) is 0 Å². The number of benzene rings is 1. The van der Waals surface area contributed by atoms with Crippen LogP contribution in [0, 0.1) is 0 Å². The van der Waals surface area contributed by atoms with Crippen LogP contribution in [-0.2, 0) is 0 Å². The van der Waals surface area contributed by atoms with E-state index in [1.54, 1.807) is 0 Å². The Kier molecular flexibility index (Phi) is 11.1. The number of halogens is 1. The zero-order valence-corrected chi connectivity index (χ0v) is 15.0.